The number of hydrogen-bond donors (Lipinski definition) is 2. The predicted octanol–water partition coefficient (Wildman–Crippen LogP) is 3.17. The number of rotatable bonds is 9. The molecule has 0 bridgehead atoms. The molecule has 0 saturated heterocycles. The van der Waals surface area contributed by atoms with Crippen LogP contribution in [0.4, 0.5) is 0 Å². The lowest BCUT2D eigenvalue weighted by atomic mass is 10.0. The van der Waals surface area contributed by atoms with Gasteiger partial charge in [0.15, 0.2) is 5.96 Å². The monoisotopic (exact) mass is 409 g/mol. The normalized spacial score (nSPS) is 19.4. The second-order valence-electron chi connectivity index (χ2n) is 6.24. The number of halogens is 1. The minimum atomic E-state index is 0. The van der Waals surface area contributed by atoms with Crippen LogP contribution in [0.25, 0.3) is 0 Å². The van der Waals surface area contributed by atoms with E-state index in [1.807, 2.05) is 7.05 Å². The molecule has 4 nitrogen and oxygen atoms in total. The summed E-state index contributed by atoms with van der Waals surface area (Å²) in [6.45, 7) is 3.59. The van der Waals surface area contributed by atoms with E-state index in [9.17, 15) is 0 Å². The van der Waals surface area contributed by atoms with Crippen molar-refractivity contribution in [3.8, 4) is 0 Å². The van der Waals surface area contributed by atoms with Gasteiger partial charge in [0.05, 0.1) is 6.61 Å². The van der Waals surface area contributed by atoms with Crippen molar-refractivity contribution in [3.63, 3.8) is 0 Å². The molecule has 2 saturated carbocycles. The first-order chi connectivity index (χ1) is 9.88. The standard InChI is InChI=1S/C16H31N3O.HI/c1-17-16(19-11-12-20-13-15-8-9-15)18-10-4-7-14-5-2-3-6-14;/h14-15H,2-13H2,1H3,(H2,17,18,19);1H. The van der Waals surface area contributed by atoms with Crippen molar-refractivity contribution in [2.75, 3.05) is 33.4 Å². The largest absolute Gasteiger partial charge is 0.379 e. The predicted molar refractivity (Wildman–Crippen MR) is 99.5 cm³/mol. The maximum Gasteiger partial charge on any atom is 0.191 e. The Hall–Kier alpha value is -0.0400. The zero-order valence-electron chi connectivity index (χ0n) is 13.4. The lowest BCUT2D eigenvalue weighted by molar-refractivity contribution is 0.129. The van der Waals surface area contributed by atoms with Gasteiger partial charge in [0.2, 0.25) is 0 Å². The van der Waals surface area contributed by atoms with Gasteiger partial charge in [-0.25, -0.2) is 0 Å². The van der Waals surface area contributed by atoms with E-state index in [0.717, 1.165) is 44.1 Å². The number of guanidine groups is 1. The molecule has 2 N–H and O–H groups in total. The second-order valence-corrected chi connectivity index (χ2v) is 6.24. The third kappa shape index (κ3) is 8.86. The van der Waals surface area contributed by atoms with Crippen molar-refractivity contribution in [1.82, 2.24) is 10.6 Å². The van der Waals surface area contributed by atoms with Gasteiger partial charge in [0.25, 0.3) is 0 Å². The van der Waals surface area contributed by atoms with E-state index in [1.165, 1.54) is 51.4 Å². The van der Waals surface area contributed by atoms with Crippen molar-refractivity contribution in [2.24, 2.45) is 16.8 Å². The van der Waals surface area contributed by atoms with Crippen LogP contribution in [0.15, 0.2) is 4.99 Å². The van der Waals surface area contributed by atoms with Gasteiger partial charge in [-0.15, -0.1) is 24.0 Å². The second kappa shape index (κ2) is 11.5. The molecule has 0 radical (unpaired) electrons. The molecule has 5 heteroatoms. The Balaban J connectivity index is 0.00000220. The van der Waals surface area contributed by atoms with Crippen LogP contribution in [0.2, 0.25) is 0 Å². The fraction of sp³-hybridized carbons (Fsp3) is 0.938. The van der Waals surface area contributed by atoms with Gasteiger partial charge in [-0.2, -0.15) is 0 Å². The summed E-state index contributed by atoms with van der Waals surface area (Å²) in [4.78, 5) is 4.24. The van der Waals surface area contributed by atoms with Crippen molar-refractivity contribution in [3.05, 3.63) is 0 Å². The van der Waals surface area contributed by atoms with Crippen LogP contribution in [0.3, 0.4) is 0 Å². The Kier molecular flexibility index (Phi) is 10.4. The molecule has 0 aromatic heterocycles. The molecule has 124 valence electrons. The first kappa shape index (κ1) is 19.0. The van der Waals surface area contributed by atoms with Gasteiger partial charge >= 0.3 is 0 Å². The minimum Gasteiger partial charge on any atom is -0.379 e. The molecule has 0 amide bonds. The third-order valence-electron chi connectivity index (χ3n) is 4.37. The Morgan fingerprint density at radius 2 is 1.76 bits per heavy atom. The van der Waals surface area contributed by atoms with Gasteiger partial charge in [0.1, 0.15) is 0 Å². The fourth-order valence-electron chi connectivity index (χ4n) is 2.89. The van der Waals surface area contributed by atoms with Crippen LogP contribution in [-0.2, 0) is 4.74 Å². The molecular formula is C16H32IN3O. The van der Waals surface area contributed by atoms with E-state index in [-0.39, 0.29) is 24.0 Å². The van der Waals surface area contributed by atoms with Crippen molar-refractivity contribution in [1.29, 1.82) is 0 Å². The summed E-state index contributed by atoms with van der Waals surface area (Å²) in [6, 6.07) is 0. The van der Waals surface area contributed by atoms with Crippen molar-refractivity contribution >= 4 is 29.9 Å². The molecule has 2 aliphatic rings. The zero-order valence-corrected chi connectivity index (χ0v) is 15.7. The Morgan fingerprint density at radius 1 is 1.05 bits per heavy atom. The maximum absolute atomic E-state index is 5.60. The highest BCUT2D eigenvalue weighted by molar-refractivity contribution is 14.0. The number of aliphatic imine (C=N–C) groups is 1. The fourth-order valence-corrected chi connectivity index (χ4v) is 2.89. The van der Waals surface area contributed by atoms with Crippen LogP contribution >= 0.6 is 24.0 Å². The topological polar surface area (TPSA) is 45.7 Å². The lowest BCUT2D eigenvalue weighted by Crippen LogP contribution is -2.39. The van der Waals surface area contributed by atoms with Gasteiger partial charge in [-0.3, -0.25) is 4.99 Å². The average molecular weight is 409 g/mol. The Labute approximate surface area is 146 Å². The number of nitrogens with zero attached hydrogens (tertiary/aromatic N) is 1. The smallest absolute Gasteiger partial charge is 0.191 e. The summed E-state index contributed by atoms with van der Waals surface area (Å²) in [7, 11) is 1.83. The maximum atomic E-state index is 5.60. The Bertz CT molecular complexity index is 289. The molecule has 0 aliphatic heterocycles. The summed E-state index contributed by atoms with van der Waals surface area (Å²) >= 11 is 0. The molecular weight excluding hydrogens is 377 g/mol. The van der Waals surface area contributed by atoms with E-state index in [0.29, 0.717) is 0 Å². The van der Waals surface area contributed by atoms with Crippen LogP contribution in [0.5, 0.6) is 0 Å². The van der Waals surface area contributed by atoms with Gasteiger partial charge < -0.3 is 15.4 Å². The summed E-state index contributed by atoms with van der Waals surface area (Å²) in [5, 5.41) is 6.69. The summed E-state index contributed by atoms with van der Waals surface area (Å²) in [5.41, 5.74) is 0. The van der Waals surface area contributed by atoms with Crippen LogP contribution in [0.1, 0.15) is 51.4 Å². The molecule has 2 aliphatic carbocycles. The number of ether oxygens (including phenoxy) is 1. The number of nitrogens with one attached hydrogen (secondary N) is 2. The summed E-state index contributed by atoms with van der Waals surface area (Å²) < 4.78 is 5.60. The molecule has 0 spiro atoms. The van der Waals surface area contributed by atoms with Crippen LogP contribution in [0, 0.1) is 11.8 Å². The molecule has 0 aromatic carbocycles. The summed E-state index contributed by atoms with van der Waals surface area (Å²) in [6.07, 6.45) is 11.1. The third-order valence-corrected chi connectivity index (χ3v) is 4.37. The zero-order chi connectivity index (χ0) is 14.0. The minimum absolute atomic E-state index is 0. The molecule has 2 fully saturated rings. The van der Waals surface area contributed by atoms with Crippen LogP contribution in [-0.4, -0.2) is 39.3 Å². The SMILES string of the molecule is CN=C(NCCCC1CCCC1)NCCOCC1CC1.I. The molecule has 21 heavy (non-hydrogen) atoms. The van der Waals surface area contributed by atoms with Crippen molar-refractivity contribution in [2.45, 2.75) is 51.4 Å². The highest BCUT2D eigenvalue weighted by Crippen LogP contribution is 2.28. The first-order valence-electron chi connectivity index (χ1n) is 8.40. The number of hydrogen-bond acceptors (Lipinski definition) is 2. The van der Waals surface area contributed by atoms with E-state index in [4.69, 9.17) is 4.74 Å². The molecule has 0 heterocycles. The molecule has 0 atom stereocenters. The first-order valence-corrected chi connectivity index (χ1v) is 8.40. The molecule has 2 rings (SSSR count). The van der Waals surface area contributed by atoms with E-state index in [1.54, 1.807) is 0 Å². The molecule has 0 aromatic rings. The average Bonchev–Trinajstić information content (AvgIpc) is 3.14. The Morgan fingerprint density at radius 3 is 2.43 bits per heavy atom. The lowest BCUT2D eigenvalue weighted by Gasteiger charge is -2.13. The van der Waals surface area contributed by atoms with Gasteiger partial charge in [0, 0.05) is 26.7 Å². The molecule has 0 unspecified atom stereocenters. The van der Waals surface area contributed by atoms with E-state index >= 15 is 0 Å². The van der Waals surface area contributed by atoms with Crippen LogP contribution < -0.4 is 10.6 Å². The van der Waals surface area contributed by atoms with E-state index < -0.39 is 0 Å². The van der Waals surface area contributed by atoms with E-state index in [2.05, 4.69) is 15.6 Å². The quantitative estimate of drug-likeness (QED) is 0.266. The highest BCUT2D eigenvalue weighted by atomic mass is 127. The van der Waals surface area contributed by atoms with Gasteiger partial charge in [-0.05, 0) is 37.5 Å². The van der Waals surface area contributed by atoms with Gasteiger partial charge in [-0.1, -0.05) is 25.7 Å². The summed E-state index contributed by atoms with van der Waals surface area (Å²) in [5.74, 6) is 2.75. The van der Waals surface area contributed by atoms with Crippen molar-refractivity contribution < 1.29 is 4.74 Å². The highest BCUT2D eigenvalue weighted by Gasteiger charge is 2.20.